The predicted octanol–water partition coefficient (Wildman–Crippen LogP) is -2.77. The SMILES string of the molecule is O=C(O)/C(F)=C/c1c[nH+]c[nH]1.[Cl-]. The van der Waals surface area contributed by atoms with Crippen LogP contribution in [0, 0.1) is 0 Å². The van der Waals surface area contributed by atoms with Crippen molar-refractivity contribution in [3.63, 3.8) is 0 Å². The van der Waals surface area contributed by atoms with E-state index in [-0.39, 0.29) is 12.4 Å². The third kappa shape index (κ3) is 2.71. The van der Waals surface area contributed by atoms with Gasteiger partial charge in [0.05, 0.1) is 0 Å². The van der Waals surface area contributed by atoms with Crippen LogP contribution < -0.4 is 17.4 Å². The molecule has 0 aliphatic carbocycles. The highest BCUT2D eigenvalue weighted by molar-refractivity contribution is 5.89. The second-order valence-corrected chi connectivity index (χ2v) is 1.85. The van der Waals surface area contributed by atoms with Gasteiger partial charge in [-0.25, -0.2) is 14.8 Å². The molecule has 66 valence electrons. The summed E-state index contributed by atoms with van der Waals surface area (Å²) in [5.74, 6) is -2.76. The van der Waals surface area contributed by atoms with Gasteiger partial charge in [-0.2, -0.15) is 4.39 Å². The molecular weight excluding hydrogens is 187 g/mol. The van der Waals surface area contributed by atoms with Gasteiger partial charge in [-0.15, -0.1) is 0 Å². The van der Waals surface area contributed by atoms with Crippen molar-refractivity contribution < 1.29 is 31.7 Å². The van der Waals surface area contributed by atoms with E-state index < -0.39 is 11.8 Å². The summed E-state index contributed by atoms with van der Waals surface area (Å²) in [5.41, 5.74) is 0.380. The van der Waals surface area contributed by atoms with Gasteiger partial charge in [0.2, 0.25) is 12.2 Å². The van der Waals surface area contributed by atoms with Gasteiger partial charge < -0.3 is 17.5 Å². The highest BCUT2D eigenvalue weighted by Crippen LogP contribution is 2.02. The zero-order valence-electron chi connectivity index (χ0n) is 5.84. The molecule has 0 radical (unpaired) electrons. The van der Waals surface area contributed by atoms with Gasteiger partial charge in [0, 0.05) is 6.08 Å². The van der Waals surface area contributed by atoms with Gasteiger partial charge in [0.25, 0.3) is 0 Å². The van der Waals surface area contributed by atoms with Crippen LogP contribution in [-0.2, 0) is 4.79 Å². The second-order valence-electron chi connectivity index (χ2n) is 1.85. The highest BCUT2D eigenvalue weighted by atomic mass is 35.5. The van der Waals surface area contributed by atoms with Gasteiger partial charge in [-0.1, -0.05) is 0 Å². The van der Waals surface area contributed by atoms with Crippen LogP contribution in [0.4, 0.5) is 4.39 Å². The van der Waals surface area contributed by atoms with Crippen molar-refractivity contribution in [1.29, 1.82) is 0 Å². The number of carboxylic acids is 1. The van der Waals surface area contributed by atoms with Gasteiger partial charge in [-0.3, -0.25) is 0 Å². The Balaban J connectivity index is 0.00000121. The second kappa shape index (κ2) is 4.50. The molecule has 0 fully saturated rings. The number of carbonyl (C=O) groups is 1. The van der Waals surface area contributed by atoms with Crippen molar-refractivity contribution in [2.24, 2.45) is 0 Å². The molecule has 0 aliphatic rings. The lowest BCUT2D eigenvalue weighted by atomic mass is 10.4. The largest absolute Gasteiger partial charge is 1.00 e. The van der Waals surface area contributed by atoms with Crippen molar-refractivity contribution in [3.05, 3.63) is 24.0 Å². The number of rotatable bonds is 2. The molecule has 0 bridgehead atoms. The van der Waals surface area contributed by atoms with Crippen molar-refractivity contribution in [2.45, 2.75) is 0 Å². The maximum Gasteiger partial charge on any atom is 0.364 e. The quantitative estimate of drug-likeness (QED) is 0.498. The lowest BCUT2D eigenvalue weighted by Gasteiger charge is -1.82. The van der Waals surface area contributed by atoms with E-state index in [1.54, 1.807) is 0 Å². The maximum atomic E-state index is 12.3. The van der Waals surface area contributed by atoms with Crippen LogP contribution in [0.5, 0.6) is 0 Å². The molecule has 0 atom stereocenters. The minimum Gasteiger partial charge on any atom is -1.00 e. The smallest absolute Gasteiger partial charge is 0.364 e. The van der Waals surface area contributed by atoms with Crippen LogP contribution >= 0.6 is 0 Å². The normalized spacial score (nSPS) is 10.6. The highest BCUT2D eigenvalue weighted by Gasteiger charge is 2.06. The number of hydrogen-bond donors (Lipinski definition) is 2. The van der Waals surface area contributed by atoms with E-state index in [1.165, 1.54) is 12.5 Å². The van der Waals surface area contributed by atoms with E-state index in [0.29, 0.717) is 5.69 Å². The third-order valence-corrected chi connectivity index (χ3v) is 1.05. The summed E-state index contributed by atoms with van der Waals surface area (Å²) in [5, 5.41) is 8.11. The van der Waals surface area contributed by atoms with Gasteiger partial charge in [-0.05, 0) is 0 Å². The van der Waals surface area contributed by atoms with E-state index in [4.69, 9.17) is 5.11 Å². The molecule has 1 aromatic rings. The van der Waals surface area contributed by atoms with Gasteiger partial charge in [0.15, 0.2) is 5.69 Å². The van der Waals surface area contributed by atoms with E-state index in [1.807, 2.05) is 0 Å². The summed E-state index contributed by atoms with van der Waals surface area (Å²) in [6.07, 6.45) is 3.79. The van der Waals surface area contributed by atoms with E-state index >= 15 is 0 Å². The lowest BCUT2D eigenvalue weighted by molar-refractivity contribution is -0.375. The summed E-state index contributed by atoms with van der Waals surface area (Å²) in [4.78, 5) is 15.2. The number of carboxylic acid groups (broad SMARTS) is 1. The Kier molecular flexibility index (Phi) is 3.99. The molecular formula is C6H6ClFN2O2. The molecule has 1 aromatic heterocycles. The predicted molar refractivity (Wildman–Crippen MR) is 34.1 cm³/mol. The molecule has 6 heteroatoms. The number of aromatic amines is 2. The van der Waals surface area contributed by atoms with Crippen molar-refractivity contribution in [3.8, 4) is 0 Å². The molecule has 0 aromatic carbocycles. The first-order valence-electron chi connectivity index (χ1n) is 2.85. The Hall–Kier alpha value is -1.36. The van der Waals surface area contributed by atoms with E-state index in [9.17, 15) is 9.18 Å². The monoisotopic (exact) mass is 192 g/mol. The standard InChI is InChI=1S/C6H5FN2O2.ClH/c7-5(6(10)11)1-4-2-8-3-9-4;/h1-3H,(H,8,9)(H,10,11);1H/b5-1-;. The Morgan fingerprint density at radius 3 is 2.83 bits per heavy atom. The molecule has 12 heavy (non-hydrogen) atoms. The summed E-state index contributed by atoms with van der Waals surface area (Å²) in [7, 11) is 0. The first-order valence-corrected chi connectivity index (χ1v) is 2.85. The molecule has 0 aliphatic heterocycles. The molecule has 4 nitrogen and oxygen atoms in total. The average molecular weight is 193 g/mol. The number of nitrogens with one attached hydrogen (secondary N) is 2. The number of aromatic nitrogens is 2. The van der Waals surface area contributed by atoms with Crippen LogP contribution in [0.2, 0.25) is 0 Å². The zero-order chi connectivity index (χ0) is 8.27. The fourth-order valence-electron chi connectivity index (χ4n) is 0.580. The average Bonchev–Trinajstić information content (AvgIpc) is 2.39. The zero-order valence-corrected chi connectivity index (χ0v) is 6.60. The Labute approximate surface area is 73.5 Å². The minimum absolute atomic E-state index is 0. The van der Waals surface area contributed by atoms with Crippen molar-refractivity contribution in [1.82, 2.24) is 4.98 Å². The van der Waals surface area contributed by atoms with E-state index in [0.717, 1.165) is 6.08 Å². The van der Waals surface area contributed by atoms with Gasteiger partial charge >= 0.3 is 5.97 Å². The fraction of sp³-hybridized carbons (Fsp3) is 0. The Bertz CT molecular complexity index is 284. The van der Waals surface area contributed by atoms with E-state index in [2.05, 4.69) is 9.97 Å². The number of halogens is 2. The summed E-state index contributed by atoms with van der Waals surface area (Å²) < 4.78 is 12.3. The van der Waals surface area contributed by atoms with Crippen LogP contribution in [0.15, 0.2) is 18.4 Å². The Morgan fingerprint density at radius 2 is 2.42 bits per heavy atom. The fourth-order valence-corrected chi connectivity index (χ4v) is 0.580. The lowest BCUT2D eigenvalue weighted by Crippen LogP contribution is -3.00. The minimum atomic E-state index is -1.57. The molecule has 0 spiro atoms. The summed E-state index contributed by atoms with van der Waals surface area (Å²) in [6, 6.07) is 0. The summed E-state index contributed by atoms with van der Waals surface area (Å²) >= 11 is 0. The number of imidazole rings is 1. The molecule has 0 unspecified atom stereocenters. The van der Waals surface area contributed by atoms with Crippen molar-refractivity contribution in [2.75, 3.05) is 0 Å². The van der Waals surface area contributed by atoms with Crippen LogP contribution in [0.3, 0.4) is 0 Å². The maximum absolute atomic E-state index is 12.3. The Morgan fingerprint density at radius 1 is 1.75 bits per heavy atom. The molecule has 0 saturated carbocycles. The molecule has 1 rings (SSSR count). The molecule has 1 heterocycles. The summed E-state index contributed by atoms with van der Waals surface area (Å²) in [6.45, 7) is 0. The first kappa shape index (κ1) is 10.6. The number of hydrogen-bond acceptors (Lipinski definition) is 1. The van der Waals surface area contributed by atoms with Gasteiger partial charge in [0.1, 0.15) is 6.20 Å². The van der Waals surface area contributed by atoms with Crippen LogP contribution in [-0.4, -0.2) is 16.1 Å². The first-order chi connectivity index (χ1) is 5.20. The van der Waals surface area contributed by atoms with Crippen LogP contribution in [0.25, 0.3) is 6.08 Å². The molecule has 3 N–H and O–H groups in total. The van der Waals surface area contributed by atoms with Crippen LogP contribution in [0.1, 0.15) is 5.69 Å². The topological polar surface area (TPSA) is 67.2 Å². The molecule has 0 amide bonds. The number of aliphatic carboxylic acids is 1. The number of H-pyrrole nitrogens is 2. The third-order valence-electron chi connectivity index (χ3n) is 1.05. The molecule has 0 saturated heterocycles. The van der Waals surface area contributed by atoms with Crippen molar-refractivity contribution >= 4 is 12.0 Å².